The molecule has 0 unspecified atom stereocenters. The van der Waals surface area contributed by atoms with Crippen LogP contribution in [-0.4, -0.2) is 74.0 Å². The van der Waals surface area contributed by atoms with Crippen LogP contribution in [0.25, 0.3) is 0 Å². The van der Waals surface area contributed by atoms with Crippen molar-refractivity contribution < 1.29 is 9.59 Å². The lowest BCUT2D eigenvalue weighted by atomic mass is 9.96. The Bertz CT molecular complexity index is 983. The van der Waals surface area contributed by atoms with E-state index >= 15 is 0 Å². The van der Waals surface area contributed by atoms with Crippen LogP contribution >= 0.6 is 23.2 Å². The number of piperidine rings is 1. The standard InChI is InChI=1S/C28H38Cl2N4O2/c1-3-21(22-10-6-4-7-11-22)19-33(2)28(36)26(20-34-16-8-5-9-17-34)31-14-15-32-27(35)23-12-13-24(29)25(30)18-23/h4,6-7,10-13,18,21,26,31H,3,5,8-9,14-17,19-20H2,1-2H3,(H,32,35)/t21-,26+/m1/s1. The van der Waals surface area contributed by atoms with Gasteiger partial charge in [-0.1, -0.05) is 66.9 Å². The summed E-state index contributed by atoms with van der Waals surface area (Å²) in [7, 11) is 1.89. The normalized spacial score (nSPS) is 15.8. The lowest BCUT2D eigenvalue weighted by Gasteiger charge is -2.33. The second kappa shape index (κ2) is 14.6. The molecule has 0 aromatic heterocycles. The van der Waals surface area contributed by atoms with Crippen LogP contribution < -0.4 is 10.6 Å². The number of carbonyl (C=O) groups is 2. The first-order chi connectivity index (χ1) is 17.4. The van der Waals surface area contributed by atoms with Crippen molar-refractivity contribution >= 4 is 35.0 Å². The number of hydrogen-bond donors (Lipinski definition) is 2. The van der Waals surface area contributed by atoms with Gasteiger partial charge in [0.1, 0.15) is 0 Å². The van der Waals surface area contributed by atoms with Gasteiger partial charge < -0.3 is 20.4 Å². The topological polar surface area (TPSA) is 64.7 Å². The number of nitrogens with one attached hydrogen (secondary N) is 2. The predicted molar refractivity (Wildman–Crippen MR) is 148 cm³/mol. The number of likely N-dealkylation sites (N-methyl/N-ethyl adjacent to an activating group) is 1. The lowest BCUT2D eigenvalue weighted by Crippen LogP contribution is -2.53. The largest absolute Gasteiger partial charge is 0.351 e. The molecule has 2 amide bonds. The molecule has 0 spiro atoms. The zero-order chi connectivity index (χ0) is 25.9. The van der Waals surface area contributed by atoms with Gasteiger partial charge in [0.15, 0.2) is 0 Å². The van der Waals surface area contributed by atoms with Gasteiger partial charge in [-0.2, -0.15) is 0 Å². The van der Waals surface area contributed by atoms with E-state index < -0.39 is 0 Å². The fourth-order valence-corrected chi connectivity index (χ4v) is 4.97. The van der Waals surface area contributed by atoms with E-state index in [-0.39, 0.29) is 17.9 Å². The van der Waals surface area contributed by atoms with E-state index in [2.05, 4.69) is 34.6 Å². The van der Waals surface area contributed by atoms with Crippen molar-refractivity contribution in [2.75, 3.05) is 46.3 Å². The second-order valence-electron chi connectivity index (χ2n) is 9.49. The molecular weight excluding hydrogens is 495 g/mol. The van der Waals surface area contributed by atoms with Gasteiger partial charge in [-0.3, -0.25) is 9.59 Å². The van der Waals surface area contributed by atoms with Crippen LogP contribution in [0.1, 0.15) is 54.4 Å². The Morgan fingerprint density at radius 1 is 1.00 bits per heavy atom. The Balaban J connectivity index is 1.57. The molecule has 1 heterocycles. The third-order valence-corrected chi connectivity index (χ3v) is 7.54. The number of amides is 2. The van der Waals surface area contributed by atoms with Crippen LogP contribution in [0.2, 0.25) is 10.0 Å². The van der Waals surface area contributed by atoms with E-state index in [1.165, 1.54) is 24.8 Å². The Morgan fingerprint density at radius 2 is 1.72 bits per heavy atom. The van der Waals surface area contributed by atoms with Crippen molar-refractivity contribution in [2.45, 2.75) is 44.6 Å². The van der Waals surface area contributed by atoms with Gasteiger partial charge in [0, 0.05) is 44.7 Å². The molecule has 0 radical (unpaired) electrons. The van der Waals surface area contributed by atoms with Gasteiger partial charge in [-0.05, 0) is 56.1 Å². The first kappa shape index (κ1) is 28.5. The number of benzene rings is 2. The summed E-state index contributed by atoms with van der Waals surface area (Å²) >= 11 is 12.0. The third kappa shape index (κ3) is 8.48. The summed E-state index contributed by atoms with van der Waals surface area (Å²) in [6.45, 7) is 6.43. The molecule has 1 aliphatic heterocycles. The summed E-state index contributed by atoms with van der Waals surface area (Å²) in [5, 5.41) is 7.06. The summed E-state index contributed by atoms with van der Waals surface area (Å²) in [5.74, 6) is 0.159. The molecule has 1 fully saturated rings. The van der Waals surface area contributed by atoms with Crippen LogP contribution in [-0.2, 0) is 4.79 Å². The quantitative estimate of drug-likeness (QED) is 0.384. The summed E-state index contributed by atoms with van der Waals surface area (Å²) in [4.78, 5) is 30.2. The molecule has 2 atom stereocenters. The maximum absolute atomic E-state index is 13.5. The van der Waals surface area contributed by atoms with Crippen molar-refractivity contribution in [1.29, 1.82) is 0 Å². The third-order valence-electron chi connectivity index (χ3n) is 6.80. The number of nitrogens with zero attached hydrogens (tertiary/aromatic N) is 2. The first-order valence-electron chi connectivity index (χ1n) is 12.9. The van der Waals surface area contributed by atoms with Gasteiger partial charge >= 0.3 is 0 Å². The fourth-order valence-electron chi connectivity index (χ4n) is 4.67. The smallest absolute Gasteiger partial charge is 0.251 e. The molecule has 0 bridgehead atoms. The van der Waals surface area contributed by atoms with Crippen molar-refractivity contribution in [2.24, 2.45) is 0 Å². The first-order valence-corrected chi connectivity index (χ1v) is 13.6. The summed E-state index contributed by atoms with van der Waals surface area (Å²) in [6, 6.07) is 14.9. The number of hydrogen-bond acceptors (Lipinski definition) is 4. The highest BCUT2D eigenvalue weighted by atomic mass is 35.5. The molecule has 196 valence electrons. The second-order valence-corrected chi connectivity index (χ2v) is 10.3. The number of likely N-dealkylation sites (tertiary alicyclic amines) is 1. The highest BCUT2D eigenvalue weighted by Crippen LogP contribution is 2.23. The molecule has 36 heavy (non-hydrogen) atoms. The van der Waals surface area contributed by atoms with E-state index in [1.807, 2.05) is 30.1 Å². The molecule has 0 saturated carbocycles. The predicted octanol–water partition coefficient (Wildman–Crippen LogP) is 4.82. The highest BCUT2D eigenvalue weighted by molar-refractivity contribution is 6.42. The minimum Gasteiger partial charge on any atom is -0.351 e. The fraction of sp³-hybridized carbons (Fsp3) is 0.500. The Hall–Kier alpha value is -2.12. The minimum absolute atomic E-state index is 0.0887. The van der Waals surface area contributed by atoms with Crippen LogP contribution in [0.15, 0.2) is 48.5 Å². The zero-order valence-corrected chi connectivity index (χ0v) is 22.8. The lowest BCUT2D eigenvalue weighted by molar-refractivity contribution is -0.133. The maximum atomic E-state index is 13.5. The van der Waals surface area contributed by atoms with E-state index in [9.17, 15) is 9.59 Å². The van der Waals surface area contributed by atoms with Crippen molar-refractivity contribution in [3.63, 3.8) is 0 Å². The summed E-state index contributed by atoms with van der Waals surface area (Å²) in [5.41, 5.74) is 1.71. The maximum Gasteiger partial charge on any atom is 0.251 e. The zero-order valence-electron chi connectivity index (χ0n) is 21.3. The molecule has 2 N–H and O–H groups in total. The van der Waals surface area contributed by atoms with Crippen LogP contribution in [0.3, 0.4) is 0 Å². The summed E-state index contributed by atoms with van der Waals surface area (Å²) < 4.78 is 0. The minimum atomic E-state index is -0.330. The molecule has 8 heteroatoms. The average Bonchev–Trinajstić information content (AvgIpc) is 2.90. The number of rotatable bonds is 12. The average molecular weight is 534 g/mol. The van der Waals surface area contributed by atoms with Crippen LogP contribution in [0.5, 0.6) is 0 Å². The van der Waals surface area contributed by atoms with E-state index in [0.717, 1.165) is 19.5 Å². The summed E-state index contributed by atoms with van der Waals surface area (Å²) in [6.07, 6.45) is 4.55. The Labute approximate surface area is 225 Å². The van der Waals surface area contributed by atoms with Gasteiger partial charge in [0.25, 0.3) is 5.91 Å². The van der Waals surface area contributed by atoms with Crippen molar-refractivity contribution in [3.05, 3.63) is 69.7 Å². The monoisotopic (exact) mass is 532 g/mol. The van der Waals surface area contributed by atoms with E-state index in [4.69, 9.17) is 23.2 Å². The van der Waals surface area contributed by atoms with Crippen molar-refractivity contribution in [3.8, 4) is 0 Å². The van der Waals surface area contributed by atoms with Gasteiger partial charge in [-0.25, -0.2) is 0 Å². The Morgan fingerprint density at radius 3 is 2.39 bits per heavy atom. The molecule has 1 saturated heterocycles. The van der Waals surface area contributed by atoms with Crippen LogP contribution in [0.4, 0.5) is 0 Å². The molecular formula is C28H38Cl2N4O2. The number of carbonyl (C=O) groups excluding carboxylic acids is 2. The van der Waals surface area contributed by atoms with Crippen molar-refractivity contribution in [1.82, 2.24) is 20.4 Å². The van der Waals surface area contributed by atoms with Crippen LogP contribution in [0, 0.1) is 0 Å². The number of halogens is 2. The van der Waals surface area contributed by atoms with E-state index in [0.29, 0.717) is 47.7 Å². The molecule has 6 nitrogen and oxygen atoms in total. The van der Waals surface area contributed by atoms with E-state index in [1.54, 1.807) is 18.2 Å². The molecule has 2 aromatic rings. The Kier molecular flexibility index (Phi) is 11.5. The SMILES string of the molecule is CC[C@H](CN(C)C(=O)[C@H](CN1CCCCC1)NCCNC(=O)c1ccc(Cl)c(Cl)c1)c1ccccc1. The molecule has 0 aliphatic carbocycles. The molecule has 2 aromatic carbocycles. The molecule has 3 rings (SSSR count). The molecule has 1 aliphatic rings. The highest BCUT2D eigenvalue weighted by Gasteiger charge is 2.26. The van der Waals surface area contributed by atoms with Gasteiger partial charge in [-0.15, -0.1) is 0 Å². The van der Waals surface area contributed by atoms with Gasteiger partial charge in [0.05, 0.1) is 16.1 Å². The van der Waals surface area contributed by atoms with Gasteiger partial charge in [0.2, 0.25) is 5.91 Å².